The molecule has 20 heavy (non-hydrogen) atoms. The van der Waals surface area contributed by atoms with E-state index in [0.29, 0.717) is 16.5 Å². The zero-order valence-corrected chi connectivity index (χ0v) is 13.5. The Morgan fingerprint density at radius 3 is 2.70 bits per heavy atom. The second kappa shape index (κ2) is 6.69. The average molecular weight is 315 g/mol. The first-order valence-electron chi connectivity index (χ1n) is 6.59. The molecule has 0 bridgehead atoms. The van der Waals surface area contributed by atoms with Crippen molar-refractivity contribution in [3.63, 3.8) is 0 Å². The molecule has 0 spiro atoms. The van der Waals surface area contributed by atoms with Crippen molar-refractivity contribution in [3.8, 4) is 0 Å². The van der Waals surface area contributed by atoms with Crippen LogP contribution in [0, 0.1) is 5.92 Å². The predicted octanol–water partition coefficient (Wildman–Crippen LogP) is 2.01. The van der Waals surface area contributed by atoms with Crippen LogP contribution in [-0.4, -0.2) is 39.0 Å². The predicted molar refractivity (Wildman–Crippen MR) is 85.8 cm³/mol. The molecular weight excluding hydrogens is 294 g/mol. The van der Waals surface area contributed by atoms with Gasteiger partial charge in [-0.2, -0.15) is 0 Å². The van der Waals surface area contributed by atoms with Gasteiger partial charge in [0, 0.05) is 26.8 Å². The van der Waals surface area contributed by atoms with Crippen LogP contribution in [0.15, 0.2) is 4.90 Å². The first-order chi connectivity index (χ1) is 9.54. The highest BCUT2D eigenvalue weighted by atomic mass is 32.2. The number of nitrogen functional groups attached to an aromatic ring is 1. The molecule has 1 aromatic rings. The lowest BCUT2D eigenvalue weighted by atomic mass is 10.00. The minimum atomic E-state index is -0.450. The lowest BCUT2D eigenvalue weighted by molar-refractivity contribution is 0.0685. The minimum absolute atomic E-state index is 0.450. The number of rotatable bonds is 5. The molecule has 0 atom stereocenters. The number of hydrogen-bond donors (Lipinski definition) is 2. The Hall–Kier alpha value is -0.920. The number of nitrogens with zero attached hydrogens (tertiary/aromatic N) is 1. The monoisotopic (exact) mass is 315 g/mol. The molecular formula is C13H21N3O2S2. The summed E-state index contributed by atoms with van der Waals surface area (Å²) in [7, 11) is 2.05. The molecule has 0 radical (unpaired) electrons. The van der Waals surface area contributed by atoms with E-state index >= 15 is 0 Å². The third-order valence-electron chi connectivity index (χ3n) is 3.53. The van der Waals surface area contributed by atoms with E-state index in [-0.39, 0.29) is 0 Å². The van der Waals surface area contributed by atoms with E-state index in [9.17, 15) is 4.79 Å². The summed E-state index contributed by atoms with van der Waals surface area (Å²) in [4.78, 5) is 15.0. The van der Waals surface area contributed by atoms with Gasteiger partial charge < -0.3 is 21.1 Å². The molecule has 0 aromatic carbocycles. The van der Waals surface area contributed by atoms with Gasteiger partial charge in [-0.05, 0) is 25.0 Å². The van der Waals surface area contributed by atoms with Crippen molar-refractivity contribution < 1.29 is 9.53 Å². The van der Waals surface area contributed by atoms with Crippen LogP contribution >= 0.6 is 23.1 Å². The molecule has 1 fully saturated rings. The standard InChI is InChI=1S/C13H21N3O2S2/c1-16(7-8-3-5-18-6-4-8)13-11(19-2)9(14)10(20-13)12(15)17/h8H,3-7,14H2,1-2H3,(H2,15,17). The molecule has 1 aromatic heterocycles. The van der Waals surface area contributed by atoms with Crippen LogP contribution in [0.1, 0.15) is 22.5 Å². The molecule has 1 saturated heterocycles. The van der Waals surface area contributed by atoms with Gasteiger partial charge in [-0.25, -0.2) is 0 Å². The Kier molecular flexibility index (Phi) is 5.17. The molecule has 4 N–H and O–H groups in total. The quantitative estimate of drug-likeness (QED) is 0.812. The van der Waals surface area contributed by atoms with Crippen LogP contribution in [0.4, 0.5) is 10.7 Å². The van der Waals surface area contributed by atoms with Crippen LogP contribution in [-0.2, 0) is 4.74 Å². The van der Waals surface area contributed by atoms with Crippen molar-refractivity contribution in [1.29, 1.82) is 0 Å². The number of ether oxygens (including phenoxy) is 1. The zero-order chi connectivity index (χ0) is 14.7. The number of carbonyl (C=O) groups is 1. The number of thiophene rings is 1. The molecule has 7 heteroatoms. The molecule has 2 rings (SSSR count). The molecule has 0 aliphatic carbocycles. The second-order valence-corrected chi connectivity index (χ2v) is 6.80. The maximum absolute atomic E-state index is 11.4. The summed E-state index contributed by atoms with van der Waals surface area (Å²) in [6, 6.07) is 0. The maximum atomic E-state index is 11.4. The molecule has 5 nitrogen and oxygen atoms in total. The highest BCUT2D eigenvalue weighted by Gasteiger charge is 2.23. The Morgan fingerprint density at radius 2 is 2.15 bits per heavy atom. The number of nitrogens with two attached hydrogens (primary N) is 2. The van der Waals surface area contributed by atoms with E-state index in [0.717, 1.165) is 42.5 Å². The molecule has 0 unspecified atom stereocenters. The fourth-order valence-electron chi connectivity index (χ4n) is 2.45. The summed E-state index contributed by atoms with van der Waals surface area (Å²) >= 11 is 2.95. The summed E-state index contributed by atoms with van der Waals surface area (Å²) in [5.74, 6) is 0.178. The van der Waals surface area contributed by atoms with E-state index in [1.807, 2.05) is 13.3 Å². The number of carbonyl (C=O) groups excluding carboxylic acids is 1. The second-order valence-electron chi connectivity index (χ2n) is 4.98. The van der Waals surface area contributed by atoms with Crippen LogP contribution in [0.2, 0.25) is 0 Å². The smallest absolute Gasteiger partial charge is 0.261 e. The Labute approximate surface area is 127 Å². The minimum Gasteiger partial charge on any atom is -0.396 e. The molecule has 1 amide bonds. The number of hydrogen-bond acceptors (Lipinski definition) is 6. The highest BCUT2D eigenvalue weighted by molar-refractivity contribution is 7.99. The van der Waals surface area contributed by atoms with Crippen molar-refractivity contribution in [3.05, 3.63) is 4.88 Å². The number of anilines is 2. The van der Waals surface area contributed by atoms with Gasteiger partial charge in [0.05, 0.1) is 10.6 Å². The van der Waals surface area contributed by atoms with E-state index < -0.39 is 5.91 Å². The van der Waals surface area contributed by atoms with Crippen LogP contribution in [0.25, 0.3) is 0 Å². The summed E-state index contributed by atoms with van der Waals surface area (Å²) in [6.07, 6.45) is 4.14. The SMILES string of the molecule is CSc1c(N(C)CC2CCOCC2)sc(C(N)=O)c1N. The number of thioether (sulfide) groups is 1. The van der Waals surface area contributed by atoms with Crippen LogP contribution < -0.4 is 16.4 Å². The summed E-state index contributed by atoms with van der Waals surface area (Å²) in [5.41, 5.74) is 11.9. The van der Waals surface area contributed by atoms with Crippen LogP contribution in [0.3, 0.4) is 0 Å². The van der Waals surface area contributed by atoms with Gasteiger partial charge in [-0.15, -0.1) is 23.1 Å². The summed E-state index contributed by atoms with van der Waals surface area (Å²) in [5, 5.41) is 1.04. The Bertz CT molecular complexity index is 484. The van der Waals surface area contributed by atoms with Crippen molar-refractivity contribution >= 4 is 39.7 Å². The number of primary amides is 1. The van der Waals surface area contributed by atoms with Gasteiger partial charge in [0.25, 0.3) is 5.91 Å². The molecule has 1 aliphatic rings. The van der Waals surface area contributed by atoms with Crippen molar-refractivity contribution in [1.82, 2.24) is 0 Å². The third-order valence-corrected chi connectivity index (χ3v) is 5.81. The van der Waals surface area contributed by atoms with E-state index in [1.165, 1.54) is 11.3 Å². The van der Waals surface area contributed by atoms with E-state index in [2.05, 4.69) is 4.90 Å². The molecule has 2 heterocycles. The third kappa shape index (κ3) is 3.21. The van der Waals surface area contributed by atoms with Crippen molar-refractivity contribution in [2.24, 2.45) is 11.7 Å². The van der Waals surface area contributed by atoms with Crippen LogP contribution in [0.5, 0.6) is 0 Å². The molecule has 112 valence electrons. The normalized spacial score (nSPS) is 16.3. The van der Waals surface area contributed by atoms with Crippen molar-refractivity contribution in [2.75, 3.05) is 43.7 Å². The van der Waals surface area contributed by atoms with Gasteiger partial charge in [0.1, 0.15) is 9.88 Å². The number of amides is 1. The molecule has 0 saturated carbocycles. The van der Waals surface area contributed by atoms with E-state index in [4.69, 9.17) is 16.2 Å². The first-order valence-corrected chi connectivity index (χ1v) is 8.63. The topological polar surface area (TPSA) is 81.6 Å². The Balaban J connectivity index is 2.17. The fourth-order valence-corrected chi connectivity index (χ4v) is 4.48. The maximum Gasteiger partial charge on any atom is 0.261 e. The van der Waals surface area contributed by atoms with Gasteiger partial charge in [-0.1, -0.05) is 0 Å². The lowest BCUT2D eigenvalue weighted by Gasteiger charge is -2.28. The van der Waals surface area contributed by atoms with Gasteiger partial charge in [0.2, 0.25) is 0 Å². The van der Waals surface area contributed by atoms with Gasteiger partial charge in [-0.3, -0.25) is 4.79 Å². The largest absolute Gasteiger partial charge is 0.396 e. The lowest BCUT2D eigenvalue weighted by Crippen LogP contribution is -2.29. The molecule has 1 aliphatic heterocycles. The highest BCUT2D eigenvalue weighted by Crippen LogP contribution is 2.43. The Morgan fingerprint density at radius 1 is 1.50 bits per heavy atom. The van der Waals surface area contributed by atoms with Gasteiger partial charge in [0.15, 0.2) is 0 Å². The van der Waals surface area contributed by atoms with E-state index in [1.54, 1.807) is 11.8 Å². The fraction of sp³-hybridized carbons (Fsp3) is 0.615. The summed E-state index contributed by atoms with van der Waals surface area (Å²) in [6.45, 7) is 2.63. The zero-order valence-electron chi connectivity index (χ0n) is 11.8. The summed E-state index contributed by atoms with van der Waals surface area (Å²) < 4.78 is 5.39. The average Bonchev–Trinajstić information content (AvgIpc) is 2.77. The van der Waals surface area contributed by atoms with Crippen molar-refractivity contribution in [2.45, 2.75) is 17.7 Å². The van der Waals surface area contributed by atoms with Gasteiger partial charge >= 0.3 is 0 Å². The first kappa shape index (κ1) is 15.5.